The molecule has 0 N–H and O–H groups in total. The van der Waals surface area contributed by atoms with Crippen LogP contribution in [0.4, 0.5) is 11.4 Å². The number of ether oxygens (including phenoxy) is 1. The van der Waals surface area contributed by atoms with E-state index in [1.165, 1.54) is 6.92 Å². The highest BCUT2D eigenvalue weighted by molar-refractivity contribution is 5.93. The standard InChI is InChI=1S/C16H15N3O6/c1-11-14(8-13(18(21)22)9-15(11)19(23)24)16(20)25-7-3-5-12-4-2-6-17-10-12/h2,4,6,8-10H,3,5,7H2,1H3. The van der Waals surface area contributed by atoms with Crippen molar-refractivity contribution in [2.75, 3.05) is 6.61 Å². The second-order valence-corrected chi connectivity index (χ2v) is 5.25. The molecule has 2 rings (SSSR count). The van der Waals surface area contributed by atoms with Crippen LogP contribution in [-0.2, 0) is 11.2 Å². The first kappa shape index (κ1) is 18.0. The van der Waals surface area contributed by atoms with Crippen molar-refractivity contribution in [2.45, 2.75) is 19.8 Å². The molecule has 0 saturated heterocycles. The molecule has 0 radical (unpaired) electrons. The number of pyridine rings is 1. The average Bonchev–Trinajstić information content (AvgIpc) is 2.59. The van der Waals surface area contributed by atoms with Crippen molar-refractivity contribution in [3.05, 3.63) is 73.6 Å². The van der Waals surface area contributed by atoms with E-state index in [9.17, 15) is 25.0 Å². The van der Waals surface area contributed by atoms with Gasteiger partial charge in [0.15, 0.2) is 0 Å². The first-order chi connectivity index (χ1) is 11.9. The zero-order valence-corrected chi connectivity index (χ0v) is 13.4. The summed E-state index contributed by atoms with van der Waals surface area (Å²) in [5, 5.41) is 21.9. The summed E-state index contributed by atoms with van der Waals surface area (Å²) in [7, 11) is 0. The molecule has 9 nitrogen and oxygen atoms in total. The highest BCUT2D eigenvalue weighted by Crippen LogP contribution is 2.28. The van der Waals surface area contributed by atoms with Crippen molar-refractivity contribution in [2.24, 2.45) is 0 Å². The van der Waals surface area contributed by atoms with E-state index in [0.717, 1.165) is 17.7 Å². The third-order valence-corrected chi connectivity index (χ3v) is 3.56. The molecule has 9 heteroatoms. The van der Waals surface area contributed by atoms with Gasteiger partial charge < -0.3 is 4.74 Å². The fraction of sp³-hybridized carbons (Fsp3) is 0.250. The molecular weight excluding hydrogens is 330 g/mol. The van der Waals surface area contributed by atoms with Crippen LogP contribution < -0.4 is 0 Å². The SMILES string of the molecule is Cc1c(C(=O)OCCCc2cccnc2)cc([N+](=O)[O-])cc1[N+](=O)[O-]. The highest BCUT2D eigenvalue weighted by Gasteiger charge is 2.25. The molecule has 0 aliphatic heterocycles. The molecule has 0 aliphatic rings. The molecule has 2 aromatic rings. The van der Waals surface area contributed by atoms with Gasteiger partial charge in [0.25, 0.3) is 11.4 Å². The number of carbonyl (C=O) groups excluding carboxylic acids is 1. The number of nitro groups is 2. The molecule has 0 fully saturated rings. The number of nitrogens with zero attached hydrogens (tertiary/aromatic N) is 3. The summed E-state index contributed by atoms with van der Waals surface area (Å²) in [5.74, 6) is -0.824. The highest BCUT2D eigenvalue weighted by atomic mass is 16.6. The van der Waals surface area contributed by atoms with Crippen LogP contribution in [0.5, 0.6) is 0 Å². The topological polar surface area (TPSA) is 125 Å². The first-order valence-corrected chi connectivity index (χ1v) is 7.39. The number of aromatic nitrogens is 1. The van der Waals surface area contributed by atoms with Crippen molar-refractivity contribution >= 4 is 17.3 Å². The maximum Gasteiger partial charge on any atom is 0.338 e. The minimum atomic E-state index is -0.824. The Labute approximate surface area is 142 Å². The Balaban J connectivity index is 2.07. The molecule has 0 spiro atoms. The van der Waals surface area contributed by atoms with Gasteiger partial charge in [-0.25, -0.2) is 4.79 Å². The Bertz CT molecular complexity index is 807. The Kier molecular flexibility index (Phi) is 5.72. The van der Waals surface area contributed by atoms with Gasteiger partial charge in [0.2, 0.25) is 0 Å². The molecular formula is C16H15N3O6. The average molecular weight is 345 g/mol. The Morgan fingerprint density at radius 3 is 2.60 bits per heavy atom. The number of aryl methyl sites for hydroxylation is 1. The van der Waals surface area contributed by atoms with E-state index < -0.39 is 27.2 Å². The molecule has 0 saturated carbocycles. The first-order valence-electron chi connectivity index (χ1n) is 7.39. The lowest BCUT2D eigenvalue weighted by atomic mass is 10.1. The second kappa shape index (κ2) is 7.95. The number of benzene rings is 1. The van der Waals surface area contributed by atoms with Gasteiger partial charge in [0.05, 0.1) is 28.1 Å². The number of rotatable bonds is 7. The van der Waals surface area contributed by atoms with Gasteiger partial charge in [-0.15, -0.1) is 0 Å². The van der Waals surface area contributed by atoms with Gasteiger partial charge in [-0.2, -0.15) is 0 Å². The normalized spacial score (nSPS) is 10.3. The van der Waals surface area contributed by atoms with Gasteiger partial charge in [-0.1, -0.05) is 6.07 Å². The molecule has 0 atom stereocenters. The molecule has 0 amide bonds. The van der Waals surface area contributed by atoms with E-state index in [0.29, 0.717) is 12.8 Å². The van der Waals surface area contributed by atoms with E-state index in [1.807, 2.05) is 6.07 Å². The van der Waals surface area contributed by atoms with Gasteiger partial charge in [0, 0.05) is 24.0 Å². The van der Waals surface area contributed by atoms with Gasteiger partial charge in [-0.05, 0) is 31.4 Å². The molecule has 1 heterocycles. The van der Waals surface area contributed by atoms with Gasteiger partial charge in [0.1, 0.15) is 0 Å². The number of carbonyl (C=O) groups is 1. The van der Waals surface area contributed by atoms with E-state index in [4.69, 9.17) is 4.74 Å². The number of non-ortho nitro benzene ring substituents is 1. The summed E-state index contributed by atoms with van der Waals surface area (Å²) in [6, 6.07) is 5.51. The maximum absolute atomic E-state index is 12.1. The van der Waals surface area contributed by atoms with Crippen molar-refractivity contribution in [3.8, 4) is 0 Å². The zero-order valence-electron chi connectivity index (χ0n) is 13.4. The Morgan fingerprint density at radius 2 is 2.00 bits per heavy atom. The lowest BCUT2D eigenvalue weighted by Gasteiger charge is -2.08. The van der Waals surface area contributed by atoms with E-state index in [-0.39, 0.29) is 17.7 Å². The zero-order chi connectivity index (χ0) is 18.4. The van der Waals surface area contributed by atoms with Crippen molar-refractivity contribution in [1.29, 1.82) is 0 Å². The fourth-order valence-corrected chi connectivity index (χ4v) is 2.26. The lowest BCUT2D eigenvalue weighted by Crippen LogP contribution is -2.11. The molecule has 0 unspecified atom stereocenters. The van der Waals surface area contributed by atoms with E-state index >= 15 is 0 Å². The van der Waals surface area contributed by atoms with Crippen molar-refractivity contribution in [3.63, 3.8) is 0 Å². The number of hydrogen-bond donors (Lipinski definition) is 0. The van der Waals surface area contributed by atoms with Crippen LogP contribution in [0.25, 0.3) is 0 Å². The van der Waals surface area contributed by atoms with E-state index in [2.05, 4.69) is 4.98 Å². The molecule has 1 aromatic heterocycles. The van der Waals surface area contributed by atoms with Crippen LogP contribution in [-0.4, -0.2) is 27.4 Å². The summed E-state index contributed by atoms with van der Waals surface area (Å²) in [6.45, 7) is 1.44. The summed E-state index contributed by atoms with van der Waals surface area (Å²) in [5.41, 5.74) is -0.174. The largest absolute Gasteiger partial charge is 0.462 e. The summed E-state index contributed by atoms with van der Waals surface area (Å²) in [6.07, 6.45) is 4.54. The van der Waals surface area contributed by atoms with Gasteiger partial charge >= 0.3 is 5.97 Å². The smallest absolute Gasteiger partial charge is 0.338 e. The lowest BCUT2D eigenvalue weighted by molar-refractivity contribution is -0.394. The van der Waals surface area contributed by atoms with Gasteiger partial charge in [-0.3, -0.25) is 25.2 Å². The number of hydrogen-bond acceptors (Lipinski definition) is 7. The summed E-state index contributed by atoms with van der Waals surface area (Å²) >= 11 is 0. The molecule has 0 bridgehead atoms. The molecule has 0 aliphatic carbocycles. The predicted molar refractivity (Wildman–Crippen MR) is 87.3 cm³/mol. The summed E-state index contributed by atoms with van der Waals surface area (Å²) in [4.78, 5) is 36.5. The maximum atomic E-state index is 12.1. The molecule has 25 heavy (non-hydrogen) atoms. The van der Waals surface area contributed by atoms with Crippen LogP contribution in [0, 0.1) is 27.2 Å². The summed E-state index contributed by atoms with van der Waals surface area (Å²) < 4.78 is 5.10. The Hall–Kier alpha value is -3.36. The van der Waals surface area contributed by atoms with Crippen molar-refractivity contribution in [1.82, 2.24) is 4.98 Å². The van der Waals surface area contributed by atoms with Crippen LogP contribution in [0.15, 0.2) is 36.7 Å². The third kappa shape index (κ3) is 4.56. The quantitative estimate of drug-likeness (QED) is 0.327. The number of esters is 1. The monoisotopic (exact) mass is 345 g/mol. The second-order valence-electron chi connectivity index (χ2n) is 5.25. The minimum Gasteiger partial charge on any atom is -0.462 e. The van der Waals surface area contributed by atoms with Crippen LogP contribution in [0.2, 0.25) is 0 Å². The number of nitro benzene ring substituents is 2. The predicted octanol–water partition coefficient (Wildman–Crippen LogP) is 3.00. The minimum absolute atomic E-state index is 0.0351. The van der Waals surface area contributed by atoms with E-state index in [1.54, 1.807) is 18.5 Å². The fourth-order valence-electron chi connectivity index (χ4n) is 2.26. The third-order valence-electron chi connectivity index (χ3n) is 3.56. The van der Waals surface area contributed by atoms with Crippen LogP contribution in [0.1, 0.15) is 27.9 Å². The van der Waals surface area contributed by atoms with Crippen LogP contribution in [0.3, 0.4) is 0 Å². The van der Waals surface area contributed by atoms with Crippen LogP contribution >= 0.6 is 0 Å². The Morgan fingerprint density at radius 1 is 1.24 bits per heavy atom. The molecule has 1 aromatic carbocycles. The molecule has 130 valence electrons. The van der Waals surface area contributed by atoms with Crippen molar-refractivity contribution < 1.29 is 19.4 Å².